The van der Waals surface area contributed by atoms with Gasteiger partial charge in [-0.2, -0.15) is 5.06 Å². The van der Waals surface area contributed by atoms with Crippen molar-refractivity contribution in [2.45, 2.75) is 71.1 Å². The molecule has 1 fully saturated rings. The number of rotatable bonds is 4. The van der Waals surface area contributed by atoms with Crippen molar-refractivity contribution < 1.29 is 12.7 Å². The van der Waals surface area contributed by atoms with Gasteiger partial charge in [0.05, 0.1) is 0 Å². The van der Waals surface area contributed by atoms with Gasteiger partial charge in [0, 0.05) is 30.8 Å². The number of hydrogen-bond donors (Lipinski definition) is 0. The zero-order valence-corrected chi connectivity index (χ0v) is 13.2. The van der Waals surface area contributed by atoms with Crippen LogP contribution in [0.15, 0.2) is 0 Å². The van der Waals surface area contributed by atoms with Gasteiger partial charge in [-0.3, -0.25) is 4.79 Å². The molecule has 0 amide bonds. The summed E-state index contributed by atoms with van der Waals surface area (Å²) in [7, 11) is 0. The minimum atomic E-state index is -0.101. The maximum absolute atomic E-state index is 11.5. The lowest BCUT2D eigenvalue weighted by Gasteiger charge is -2.46. The van der Waals surface area contributed by atoms with Crippen molar-refractivity contribution in [3.05, 3.63) is 0 Å². The molecule has 0 bridgehead atoms. The molecule has 0 aliphatic carbocycles. The fourth-order valence-electron chi connectivity index (χ4n) is 2.50. The van der Waals surface area contributed by atoms with Crippen molar-refractivity contribution in [3.8, 4) is 0 Å². The van der Waals surface area contributed by atoms with E-state index in [0.29, 0.717) is 6.42 Å². The summed E-state index contributed by atoms with van der Waals surface area (Å²) in [6.07, 6.45) is 3.02. The molecule has 0 N–H and O–H groups in total. The molecule has 2 atom stereocenters. The van der Waals surface area contributed by atoms with Gasteiger partial charge >= 0.3 is 5.97 Å². The first-order chi connectivity index (χ1) is 7.90. The lowest BCUT2D eigenvalue weighted by Crippen LogP contribution is -2.55. The zero-order chi connectivity index (χ0) is 13.1. The topological polar surface area (TPSA) is 38.8 Å². The summed E-state index contributed by atoms with van der Waals surface area (Å²) >= 11 is 1.91. The van der Waals surface area contributed by atoms with Crippen LogP contribution in [0, 0.1) is 0 Å². The van der Waals surface area contributed by atoms with Gasteiger partial charge in [-0.15, -0.1) is 0 Å². The van der Waals surface area contributed by atoms with Crippen molar-refractivity contribution in [3.63, 3.8) is 0 Å². The monoisotopic (exact) mass is 355 g/mol. The molecule has 0 spiro atoms. The van der Waals surface area contributed by atoms with Gasteiger partial charge in [0.1, 0.15) is 29.1 Å². The highest BCUT2D eigenvalue weighted by molar-refractivity contribution is 14.1. The minimum absolute atomic E-state index is 0.0156. The molecular formula is C12H22INO3. The summed E-state index contributed by atoms with van der Waals surface area (Å²) in [6.45, 7) is 8.31. The van der Waals surface area contributed by atoms with Crippen molar-refractivity contribution in [2.75, 3.05) is 0 Å². The van der Waals surface area contributed by atoms with Crippen molar-refractivity contribution >= 4 is 29.0 Å². The first-order valence-electron chi connectivity index (χ1n) is 6.18. The van der Waals surface area contributed by atoms with Crippen LogP contribution in [-0.2, 0) is 12.7 Å². The molecular weight excluding hydrogens is 333 g/mol. The molecule has 5 heteroatoms. The molecule has 0 aromatic rings. The number of carbonyl (C=O) groups excluding carboxylic acids is 1. The lowest BCUT2D eigenvalue weighted by atomic mass is 9.87. The van der Waals surface area contributed by atoms with Crippen LogP contribution < -0.4 is 0 Å². The van der Waals surface area contributed by atoms with Crippen molar-refractivity contribution in [2.24, 2.45) is 0 Å². The van der Waals surface area contributed by atoms with E-state index in [4.69, 9.17) is 7.90 Å². The Kier molecular flexibility index (Phi) is 5.66. The number of hydrogen-bond acceptors (Lipinski definition) is 4. The number of piperidine rings is 1. The standard InChI is InChI=1S/C12H22INO3/c1-5-6-11(15)16-10-7-9(2)14(17-13)12(3,4)8-10/h9-10H,5-8H2,1-4H3. The number of hydroxylamine groups is 2. The highest BCUT2D eigenvalue weighted by Crippen LogP contribution is 2.34. The summed E-state index contributed by atoms with van der Waals surface area (Å²) in [5.41, 5.74) is -0.101. The van der Waals surface area contributed by atoms with Gasteiger partial charge in [-0.05, 0) is 27.2 Å². The molecule has 1 heterocycles. The molecule has 0 radical (unpaired) electrons. The Labute approximate surface area is 118 Å². The van der Waals surface area contributed by atoms with E-state index in [0.717, 1.165) is 19.3 Å². The maximum atomic E-state index is 11.5. The molecule has 100 valence electrons. The molecule has 1 aliphatic rings. The summed E-state index contributed by atoms with van der Waals surface area (Å²) in [5.74, 6) is -0.0793. The number of ether oxygens (including phenoxy) is 1. The lowest BCUT2D eigenvalue weighted by molar-refractivity contribution is -0.187. The smallest absolute Gasteiger partial charge is 0.306 e. The van der Waals surface area contributed by atoms with Gasteiger partial charge < -0.3 is 4.74 Å². The Morgan fingerprint density at radius 3 is 2.65 bits per heavy atom. The second-order valence-corrected chi connectivity index (χ2v) is 5.75. The third-order valence-corrected chi connectivity index (χ3v) is 3.58. The summed E-state index contributed by atoms with van der Waals surface area (Å²) in [6, 6.07) is 0.259. The van der Waals surface area contributed by atoms with E-state index >= 15 is 0 Å². The third-order valence-electron chi connectivity index (χ3n) is 3.15. The van der Waals surface area contributed by atoms with Crippen molar-refractivity contribution in [1.29, 1.82) is 0 Å². The second-order valence-electron chi connectivity index (χ2n) is 5.36. The minimum Gasteiger partial charge on any atom is -0.462 e. The number of nitrogens with zero attached hydrogens (tertiary/aromatic N) is 1. The van der Waals surface area contributed by atoms with E-state index in [1.54, 1.807) is 0 Å². The SMILES string of the molecule is CCCC(=O)OC1CC(C)N(OI)C(C)(C)C1. The number of esters is 1. The largest absolute Gasteiger partial charge is 0.462 e. The molecule has 17 heavy (non-hydrogen) atoms. The van der Waals surface area contributed by atoms with Crippen LogP contribution >= 0.6 is 23.0 Å². The van der Waals surface area contributed by atoms with Crippen LogP contribution in [0.5, 0.6) is 0 Å². The predicted octanol–water partition coefficient (Wildman–Crippen LogP) is 3.24. The Bertz CT molecular complexity index is 270. The van der Waals surface area contributed by atoms with E-state index in [2.05, 4.69) is 20.8 Å². The van der Waals surface area contributed by atoms with E-state index in [9.17, 15) is 4.79 Å². The molecule has 1 rings (SSSR count). The van der Waals surface area contributed by atoms with Crippen LogP contribution in [0.2, 0.25) is 0 Å². The van der Waals surface area contributed by atoms with E-state index in [1.165, 1.54) is 0 Å². The van der Waals surface area contributed by atoms with E-state index in [1.807, 2.05) is 35.0 Å². The molecule has 0 aromatic heterocycles. The van der Waals surface area contributed by atoms with E-state index < -0.39 is 0 Å². The van der Waals surface area contributed by atoms with Crippen molar-refractivity contribution in [1.82, 2.24) is 5.06 Å². The van der Waals surface area contributed by atoms with Crippen LogP contribution in [0.25, 0.3) is 0 Å². The summed E-state index contributed by atoms with van der Waals surface area (Å²) in [4.78, 5) is 11.5. The van der Waals surface area contributed by atoms with Gasteiger partial charge in [0.2, 0.25) is 0 Å². The van der Waals surface area contributed by atoms with E-state index in [-0.39, 0.29) is 23.7 Å². The first-order valence-corrected chi connectivity index (χ1v) is 7.06. The second kappa shape index (κ2) is 6.33. The highest BCUT2D eigenvalue weighted by atomic mass is 127. The summed E-state index contributed by atoms with van der Waals surface area (Å²) in [5, 5.41) is 1.98. The molecule has 4 nitrogen and oxygen atoms in total. The molecule has 2 unspecified atom stereocenters. The zero-order valence-electron chi connectivity index (χ0n) is 11.0. The summed E-state index contributed by atoms with van der Waals surface area (Å²) < 4.78 is 10.9. The number of halogens is 1. The number of carbonyl (C=O) groups is 1. The molecule has 1 aliphatic heterocycles. The van der Waals surface area contributed by atoms with Crippen LogP contribution in [0.3, 0.4) is 0 Å². The average Bonchev–Trinajstić information content (AvgIpc) is 2.15. The van der Waals surface area contributed by atoms with Crippen LogP contribution in [0.4, 0.5) is 0 Å². The quantitative estimate of drug-likeness (QED) is 0.573. The molecule has 0 saturated carbocycles. The predicted molar refractivity (Wildman–Crippen MR) is 74.5 cm³/mol. The Morgan fingerprint density at radius 1 is 1.53 bits per heavy atom. The van der Waals surface area contributed by atoms with Gasteiger partial charge in [-0.1, -0.05) is 6.92 Å². The molecule has 0 aromatic carbocycles. The van der Waals surface area contributed by atoms with Gasteiger partial charge in [-0.25, -0.2) is 3.17 Å². The third kappa shape index (κ3) is 4.06. The normalized spacial score (nSPS) is 29.0. The fraction of sp³-hybridized carbons (Fsp3) is 0.917. The molecule has 1 saturated heterocycles. The Morgan fingerprint density at radius 2 is 2.18 bits per heavy atom. The Balaban J connectivity index is 2.59. The van der Waals surface area contributed by atoms with Crippen LogP contribution in [0.1, 0.15) is 53.4 Å². The average molecular weight is 355 g/mol. The van der Waals surface area contributed by atoms with Crippen LogP contribution in [-0.4, -0.2) is 28.7 Å². The maximum Gasteiger partial charge on any atom is 0.306 e. The van der Waals surface area contributed by atoms with Gasteiger partial charge in [0.25, 0.3) is 0 Å². The Hall–Kier alpha value is 0.120. The fourth-order valence-corrected chi connectivity index (χ4v) is 3.42. The first kappa shape index (κ1) is 15.2. The van der Waals surface area contributed by atoms with Gasteiger partial charge in [0.15, 0.2) is 0 Å². The highest BCUT2D eigenvalue weighted by Gasteiger charge is 2.41.